The van der Waals surface area contributed by atoms with Gasteiger partial charge in [0.2, 0.25) is 0 Å². The highest BCUT2D eigenvalue weighted by Crippen LogP contribution is 2.34. The van der Waals surface area contributed by atoms with E-state index >= 15 is 0 Å². The summed E-state index contributed by atoms with van der Waals surface area (Å²) in [5.41, 5.74) is 7.98. The molecule has 1 fully saturated rings. The monoisotopic (exact) mass is 287 g/mol. The van der Waals surface area contributed by atoms with Gasteiger partial charge < -0.3 is 5.73 Å². The molecule has 0 amide bonds. The number of hydrogen-bond acceptors (Lipinski definition) is 2. The molecule has 2 N–H and O–H groups in total. The van der Waals surface area contributed by atoms with E-state index in [1.807, 2.05) is 11.3 Å². The summed E-state index contributed by atoms with van der Waals surface area (Å²) in [4.78, 5) is 0. The Balaban J connectivity index is 1.65. The van der Waals surface area contributed by atoms with E-state index in [1.165, 1.54) is 47.8 Å². The fourth-order valence-electron chi connectivity index (χ4n) is 3.64. The van der Waals surface area contributed by atoms with Crippen LogP contribution in [0.4, 0.5) is 0 Å². The van der Waals surface area contributed by atoms with Crippen molar-refractivity contribution >= 4 is 21.4 Å². The van der Waals surface area contributed by atoms with Crippen molar-refractivity contribution in [3.05, 3.63) is 35.2 Å². The Hall–Kier alpha value is -0.860. The predicted molar refractivity (Wildman–Crippen MR) is 89.2 cm³/mol. The molecule has 1 saturated carbocycles. The minimum atomic E-state index is 0.339. The van der Waals surface area contributed by atoms with Crippen LogP contribution in [0.1, 0.15) is 44.6 Å². The average molecular weight is 287 g/mol. The molecule has 1 aliphatic carbocycles. The summed E-state index contributed by atoms with van der Waals surface area (Å²) in [5, 5.41) is 3.72. The summed E-state index contributed by atoms with van der Waals surface area (Å²) in [6.45, 7) is 2.32. The molecule has 1 aromatic heterocycles. The number of thiophene rings is 1. The van der Waals surface area contributed by atoms with Gasteiger partial charge in [0.15, 0.2) is 0 Å². The predicted octanol–water partition coefficient (Wildman–Crippen LogP) is 4.99. The molecule has 1 heterocycles. The first-order chi connectivity index (χ1) is 9.78. The minimum absolute atomic E-state index is 0.339. The topological polar surface area (TPSA) is 26.0 Å². The molecule has 0 saturated heterocycles. The molecule has 2 heteroatoms. The van der Waals surface area contributed by atoms with Gasteiger partial charge in [0.1, 0.15) is 0 Å². The number of fused-ring (bicyclic) bond motifs is 1. The van der Waals surface area contributed by atoms with Gasteiger partial charge in [-0.2, -0.15) is 0 Å². The Bertz CT molecular complexity index is 551. The van der Waals surface area contributed by atoms with Crippen molar-refractivity contribution < 1.29 is 0 Å². The average Bonchev–Trinajstić information content (AvgIpc) is 2.91. The first-order valence-electron chi connectivity index (χ1n) is 7.98. The van der Waals surface area contributed by atoms with Gasteiger partial charge in [-0.1, -0.05) is 44.4 Å². The Morgan fingerprint density at radius 3 is 2.70 bits per heavy atom. The maximum absolute atomic E-state index is 6.52. The standard InChI is InChI=1S/C18H25NS/c1-2-13-7-9-14(10-8-13)17(19)11-15-12-20-18-6-4-3-5-16(15)18/h3-6,12-14,17H,2,7-11,19H2,1H3. The molecule has 0 bridgehead atoms. The molecule has 1 atom stereocenters. The van der Waals surface area contributed by atoms with Crippen LogP contribution in [0.2, 0.25) is 0 Å². The zero-order chi connectivity index (χ0) is 13.9. The second-order valence-electron chi connectivity index (χ2n) is 6.31. The molecule has 0 spiro atoms. The normalized spacial score (nSPS) is 24.9. The lowest BCUT2D eigenvalue weighted by Crippen LogP contribution is -2.34. The summed E-state index contributed by atoms with van der Waals surface area (Å²) in [6.07, 6.45) is 7.84. The van der Waals surface area contributed by atoms with Crippen molar-refractivity contribution in [2.45, 2.75) is 51.5 Å². The van der Waals surface area contributed by atoms with Crippen molar-refractivity contribution in [1.29, 1.82) is 0 Å². The van der Waals surface area contributed by atoms with Crippen LogP contribution in [0.15, 0.2) is 29.6 Å². The maximum atomic E-state index is 6.52. The quantitative estimate of drug-likeness (QED) is 0.842. The van der Waals surface area contributed by atoms with Gasteiger partial charge in [-0.15, -0.1) is 11.3 Å². The maximum Gasteiger partial charge on any atom is 0.0345 e. The van der Waals surface area contributed by atoms with Gasteiger partial charge in [0.05, 0.1) is 0 Å². The second-order valence-corrected chi connectivity index (χ2v) is 7.23. The van der Waals surface area contributed by atoms with Crippen molar-refractivity contribution in [2.75, 3.05) is 0 Å². The fourth-order valence-corrected chi connectivity index (χ4v) is 4.61. The van der Waals surface area contributed by atoms with E-state index in [9.17, 15) is 0 Å². The first kappa shape index (κ1) is 14.1. The zero-order valence-corrected chi connectivity index (χ0v) is 13.2. The third-order valence-corrected chi connectivity index (χ3v) is 6.10. The second kappa shape index (κ2) is 6.28. The third kappa shape index (κ3) is 2.91. The van der Waals surface area contributed by atoms with Crippen LogP contribution in [-0.2, 0) is 6.42 Å². The lowest BCUT2D eigenvalue weighted by molar-refractivity contribution is 0.238. The fraction of sp³-hybridized carbons (Fsp3) is 0.556. The number of hydrogen-bond donors (Lipinski definition) is 1. The summed E-state index contributed by atoms with van der Waals surface area (Å²) >= 11 is 1.85. The first-order valence-corrected chi connectivity index (χ1v) is 8.86. The minimum Gasteiger partial charge on any atom is -0.327 e. The van der Waals surface area contributed by atoms with E-state index in [0.717, 1.165) is 18.3 Å². The van der Waals surface area contributed by atoms with E-state index in [4.69, 9.17) is 5.73 Å². The van der Waals surface area contributed by atoms with Gasteiger partial charge >= 0.3 is 0 Å². The molecule has 1 nitrogen and oxygen atoms in total. The lowest BCUT2D eigenvalue weighted by Gasteiger charge is -2.31. The van der Waals surface area contributed by atoms with E-state index < -0.39 is 0 Å². The van der Waals surface area contributed by atoms with Crippen LogP contribution in [0, 0.1) is 11.8 Å². The van der Waals surface area contributed by atoms with E-state index in [1.54, 1.807) is 0 Å². The summed E-state index contributed by atoms with van der Waals surface area (Å²) < 4.78 is 1.39. The number of benzene rings is 1. The van der Waals surface area contributed by atoms with Gasteiger partial charge in [-0.05, 0) is 53.5 Å². The molecule has 3 rings (SSSR count). The van der Waals surface area contributed by atoms with Crippen LogP contribution in [0.3, 0.4) is 0 Å². The van der Waals surface area contributed by atoms with Crippen molar-refractivity contribution in [3.8, 4) is 0 Å². The Kier molecular flexibility index (Phi) is 4.42. The van der Waals surface area contributed by atoms with Crippen molar-refractivity contribution in [2.24, 2.45) is 17.6 Å². The van der Waals surface area contributed by atoms with Gasteiger partial charge in [-0.25, -0.2) is 0 Å². The molecule has 1 aromatic carbocycles. The third-order valence-electron chi connectivity index (χ3n) is 5.09. The summed E-state index contributed by atoms with van der Waals surface area (Å²) in [5.74, 6) is 1.69. The Morgan fingerprint density at radius 2 is 1.95 bits per heavy atom. The number of nitrogens with two attached hydrogens (primary N) is 1. The highest BCUT2D eigenvalue weighted by molar-refractivity contribution is 7.17. The number of rotatable bonds is 4. The molecule has 0 radical (unpaired) electrons. The molecular weight excluding hydrogens is 262 g/mol. The molecule has 108 valence electrons. The van der Waals surface area contributed by atoms with Gasteiger partial charge in [0, 0.05) is 10.7 Å². The van der Waals surface area contributed by atoms with Crippen molar-refractivity contribution in [1.82, 2.24) is 0 Å². The Labute approximate surface area is 126 Å². The van der Waals surface area contributed by atoms with E-state index in [-0.39, 0.29) is 0 Å². The lowest BCUT2D eigenvalue weighted by atomic mass is 9.76. The van der Waals surface area contributed by atoms with Crippen LogP contribution in [0.25, 0.3) is 10.1 Å². The summed E-state index contributed by atoms with van der Waals surface area (Å²) in [7, 11) is 0. The van der Waals surface area contributed by atoms with Crippen LogP contribution >= 0.6 is 11.3 Å². The van der Waals surface area contributed by atoms with Crippen molar-refractivity contribution in [3.63, 3.8) is 0 Å². The van der Waals surface area contributed by atoms with Gasteiger partial charge in [-0.3, -0.25) is 0 Å². The molecule has 20 heavy (non-hydrogen) atoms. The molecule has 1 unspecified atom stereocenters. The van der Waals surface area contributed by atoms with Crippen LogP contribution in [0.5, 0.6) is 0 Å². The molecule has 1 aliphatic rings. The van der Waals surface area contributed by atoms with E-state index in [2.05, 4.69) is 36.6 Å². The zero-order valence-electron chi connectivity index (χ0n) is 12.3. The molecular formula is C18H25NS. The Morgan fingerprint density at radius 1 is 1.20 bits per heavy atom. The largest absolute Gasteiger partial charge is 0.327 e. The SMILES string of the molecule is CCC1CCC(C(N)Cc2csc3ccccc23)CC1. The smallest absolute Gasteiger partial charge is 0.0345 e. The highest BCUT2D eigenvalue weighted by atomic mass is 32.1. The molecule has 0 aliphatic heterocycles. The highest BCUT2D eigenvalue weighted by Gasteiger charge is 2.25. The van der Waals surface area contributed by atoms with Crippen LogP contribution in [-0.4, -0.2) is 6.04 Å². The molecule has 2 aromatic rings. The van der Waals surface area contributed by atoms with Crippen LogP contribution < -0.4 is 5.73 Å². The van der Waals surface area contributed by atoms with Gasteiger partial charge in [0.25, 0.3) is 0 Å². The summed E-state index contributed by atoms with van der Waals surface area (Å²) in [6, 6.07) is 9.04. The van der Waals surface area contributed by atoms with E-state index in [0.29, 0.717) is 6.04 Å².